The van der Waals surface area contributed by atoms with Crippen LogP contribution >= 0.6 is 22.9 Å². The molecule has 2 aromatic heterocycles. The van der Waals surface area contributed by atoms with Gasteiger partial charge >= 0.3 is 0 Å². The summed E-state index contributed by atoms with van der Waals surface area (Å²) in [6.07, 6.45) is 0. The van der Waals surface area contributed by atoms with Crippen molar-refractivity contribution >= 4 is 89.1 Å². The molecule has 0 bridgehead atoms. The van der Waals surface area contributed by atoms with Gasteiger partial charge in [-0.15, -0.1) is 11.3 Å². The minimum Gasteiger partial charge on any atom is -0.456 e. The lowest BCUT2D eigenvalue weighted by atomic mass is 9.80. The highest BCUT2D eigenvalue weighted by Gasteiger charge is 2.31. The quantitative estimate of drug-likeness (QED) is 0.129. The van der Waals surface area contributed by atoms with E-state index in [1.807, 2.05) is 17.4 Å². The van der Waals surface area contributed by atoms with Crippen molar-refractivity contribution in [2.45, 2.75) is 137 Å². The first kappa shape index (κ1) is 60.1. The number of benzene rings is 10. The molecule has 444 valence electrons. The monoisotopic (exact) mass is 1190 g/mol. The molecule has 3 nitrogen and oxygen atoms in total. The third-order valence-electron chi connectivity index (χ3n) is 17.8. The summed E-state index contributed by atoms with van der Waals surface area (Å²) in [7, 11) is 0. The zero-order valence-electron chi connectivity index (χ0n) is 54.0. The predicted molar refractivity (Wildman–Crippen MR) is 382 cm³/mol. The van der Waals surface area contributed by atoms with E-state index in [4.69, 9.17) is 16.0 Å². The van der Waals surface area contributed by atoms with Crippen LogP contribution in [0.4, 0.5) is 34.1 Å². The molecule has 0 aliphatic rings. The highest BCUT2D eigenvalue weighted by molar-refractivity contribution is 7.17. The summed E-state index contributed by atoms with van der Waals surface area (Å²) in [5.41, 5.74) is 21.5. The number of nitrogens with zero attached hydrogens (tertiary/aromatic N) is 2. The lowest BCUT2D eigenvalue weighted by Gasteiger charge is -2.33. The number of halogens is 1. The SMILES string of the molecule is CC(C)(C)c1ccc(C(c2cc(-c3ccccc3)cc(N(c3ccc(C(C)(C)C)cc3)c3ccc(-c4ccc5c(c4)oc4ccccc45)c(N(c4ccc(C(C)(C)C)cc4)c4ccc(C(C)(C)C)cc4)c3)c2Cl)c2csc3ccc(C(C)(C)C)cc23)cc1. The van der Waals surface area contributed by atoms with Gasteiger partial charge in [0.15, 0.2) is 0 Å². The first-order valence-corrected chi connectivity index (χ1v) is 32.4. The van der Waals surface area contributed by atoms with Crippen molar-refractivity contribution in [3.05, 3.63) is 273 Å². The van der Waals surface area contributed by atoms with Crippen molar-refractivity contribution in [1.29, 1.82) is 0 Å². The zero-order valence-corrected chi connectivity index (χ0v) is 55.6. The maximum Gasteiger partial charge on any atom is 0.136 e. The summed E-state index contributed by atoms with van der Waals surface area (Å²) in [6.45, 7) is 34.3. The molecule has 0 aliphatic carbocycles. The molecule has 1 unspecified atom stereocenters. The predicted octanol–water partition coefficient (Wildman–Crippen LogP) is 25.4. The summed E-state index contributed by atoms with van der Waals surface area (Å²) >= 11 is 10.4. The minimum atomic E-state index is -0.230. The van der Waals surface area contributed by atoms with Crippen molar-refractivity contribution in [3.63, 3.8) is 0 Å². The Bertz CT molecular complexity index is 4440. The Balaban J connectivity index is 1.17. The molecule has 0 aliphatic heterocycles. The molecule has 5 heteroatoms. The Kier molecular flexibility index (Phi) is 15.6. The fraction of sp³-hybridized carbons (Fsp3) is 0.253. The highest BCUT2D eigenvalue weighted by atomic mass is 35.5. The fourth-order valence-corrected chi connectivity index (χ4v) is 13.7. The van der Waals surface area contributed by atoms with Gasteiger partial charge in [-0.3, -0.25) is 0 Å². The molecule has 10 aromatic carbocycles. The molecule has 0 fully saturated rings. The maximum atomic E-state index is 8.54. The number of furan rings is 1. The average molecular weight is 1190 g/mol. The normalized spacial score (nSPS) is 13.0. The number of fused-ring (bicyclic) bond motifs is 4. The topological polar surface area (TPSA) is 19.6 Å². The smallest absolute Gasteiger partial charge is 0.136 e. The van der Waals surface area contributed by atoms with Crippen molar-refractivity contribution in [2.24, 2.45) is 0 Å². The number of para-hydroxylation sites is 1. The van der Waals surface area contributed by atoms with Crippen LogP contribution in [0.3, 0.4) is 0 Å². The Morgan fingerprint density at radius 3 is 1.38 bits per heavy atom. The Labute approximate surface area is 532 Å². The molecule has 0 spiro atoms. The number of thiophene rings is 1. The van der Waals surface area contributed by atoms with Crippen LogP contribution in [0.25, 0.3) is 54.3 Å². The van der Waals surface area contributed by atoms with E-state index in [0.29, 0.717) is 5.02 Å². The number of rotatable bonds is 11. The van der Waals surface area contributed by atoms with Gasteiger partial charge in [0, 0.05) is 49.7 Å². The average Bonchev–Trinajstić information content (AvgIpc) is 1.37. The third kappa shape index (κ3) is 11.9. The summed E-state index contributed by atoms with van der Waals surface area (Å²) in [5.74, 6) is -0.230. The first-order chi connectivity index (χ1) is 41.7. The number of anilines is 6. The number of hydrogen-bond acceptors (Lipinski definition) is 4. The van der Waals surface area contributed by atoms with Gasteiger partial charge in [0.25, 0.3) is 0 Å². The van der Waals surface area contributed by atoms with Gasteiger partial charge in [0.2, 0.25) is 0 Å². The summed E-state index contributed by atoms with van der Waals surface area (Å²) in [4.78, 5) is 4.85. The maximum absolute atomic E-state index is 8.54. The van der Waals surface area contributed by atoms with Crippen molar-refractivity contribution < 1.29 is 4.42 Å². The summed E-state index contributed by atoms with van der Waals surface area (Å²) in [6, 6.07) is 81.4. The van der Waals surface area contributed by atoms with Crippen molar-refractivity contribution in [1.82, 2.24) is 0 Å². The van der Waals surface area contributed by atoms with E-state index in [0.717, 1.165) is 83.9 Å². The van der Waals surface area contributed by atoms with Gasteiger partial charge in [-0.2, -0.15) is 0 Å². The molecule has 0 N–H and O–H groups in total. The van der Waals surface area contributed by atoms with Crippen LogP contribution in [0.15, 0.2) is 228 Å². The molecular weight excluding hydrogens is 1110 g/mol. The molecule has 0 saturated heterocycles. The summed E-state index contributed by atoms with van der Waals surface area (Å²) < 4.78 is 7.92. The Hall–Kier alpha value is -8.15. The lowest BCUT2D eigenvalue weighted by molar-refractivity contribution is 0.589. The first-order valence-electron chi connectivity index (χ1n) is 31.2. The molecular formula is C83H83ClN2OS. The van der Waals surface area contributed by atoms with Crippen molar-refractivity contribution in [2.75, 3.05) is 9.80 Å². The van der Waals surface area contributed by atoms with E-state index in [1.165, 1.54) is 49.0 Å². The van der Waals surface area contributed by atoms with E-state index in [-0.39, 0.29) is 33.0 Å². The fourth-order valence-electron chi connectivity index (χ4n) is 12.4. The van der Waals surface area contributed by atoms with Gasteiger partial charge in [-0.1, -0.05) is 243 Å². The molecule has 12 rings (SSSR count). The number of hydrogen-bond donors (Lipinski definition) is 0. The standard InChI is InChI=1S/C83H83ClN2OS/c1-79(2,3)57-28-25-54(26-29-57)77(71-52-88-76-46-36-61(50-69(71)76)83(13,14)15)70-47-56(53-21-17-16-18-22-53)48-73(78(70)84)86(64-41-34-60(35-42-64)82(10,11)12)65-43-45-66(55-27-44-68-67-23-19-20-24-74(67)87-75(68)49-55)72(51-65)85(62-37-30-58(31-38-62)80(4,5)6)63-39-32-59(33-40-63)81(7,8)9/h16-52,77H,1-15H3. The molecule has 88 heavy (non-hydrogen) atoms. The second kappa shape index (κ2) is 22.8. The molecule has 12 aromatic rings. The third-order valence-corrected chi connectivity index (χ3v) is 19.2. The van der Waals surface area contributed by atoms with Gasteiger partial charge in [-0.25, -0.2) is 0 Å². The molecule has 1 atom stereocenters. The van der Waals surface area contributed by atoms with E-state index >= 15 is 0 Å². The zero-order chi connectivity index (χ0) is 62.2. The van der Waals surface area contributed by atoms with Gasteiger partial charge in [0.05, 0.1) is 16.4 Å². The van der Waals surface area contributed by atoms with Crippen LogP contribution in [-0.4, -0.2) is 0 Å². The van der Waals surface area contributed by atoms with Crippen LogP contribution in [0, 0.1) is 0 Å². The summed E-state index contributed by atoms with van der Waals surface area (Å²) in [5, 5.41) is 6.52. The molecule has 0 radical (unpaired) electrons. The van der Waals surface area contributed by atoms with Crippen LogP contribution in [0.5, 0.6) is 0 Å². The van der Waals surface area contributed by atoms with Gasteiger partial charge in [-0.05, 0) is 190 Å². The second-order valence-electron chi connectivity index (χ2n) is 29.3. The molecule has 0 saturated carbocycles. The highest BCUT2D eigenvalue weighted by Crippen LogP contribution is 2.52. The second-order valence-corrected chi connectivity index (χ2v) is 30.6. The van der Waals surface area contributed by atoms with E-state index in [9.17, 15) is 0 Å². The van der Waals surface area contributed by atoms with Crippen LogP contribution in [-0.2, 0) is 27.1 Å². The van der Waals surface area contributed by atoms with E-state index in [1.54, 1.807) is 0 Å². The molecule has 0 amide bonds. The van der Waals surface area contributed by atoms with Gasteiger partial charge < -0.3 is 14.2 Å². The van der Waals surface area contributed by atoms with Crippen LogP contribution in [0.1, 0.15) is 154 Å². The van der Waals surface area contributed by atoms with E-state index in [2.05, 4.69) is 331 Å². The van der Waals surface area contributed by atoms with Crippen LogP contribution < -0.4 is 9.80 Å². The Morgan fingerprint density at radius 1 is 0.352 bits per heavy atom. The largest absolute Gasteiger partial charge is 0.456 e. The van der Waals surface area contributed by atoms with E-state index < -0.39 is 0 Å². The Morgan fingerprint density at radius 2 is 0.830 bits per heavy atom. The minimum absolute atomic E-state index is 0.0261. The lowest BCUT2D eigenvalue weighted by Crippen LogP contribution is -2.17. The van der Waals surface area contributed by atoms with Crippen LogP contribution in [0.2, 0.25) is 5.02 Å². The van der Waals surface area contributed by atoms with Gasteiger partial charge in [0.1, 0.15) is 11.2 Å². The molecule has 2 heterocycles. The van der Waals surface area contributed by atoms with Crippen molar-refractivity contribution in [3.8, 4) is 22.3 Å².